The Morgan fingerprint density at radius 3 is 1.49 bits per heavy atom. The largest absolute Gasteiger partial charge is 0.488 e. The van der Waals surface area contributed by atoms with Gasteiger partial charge in [-0.05, 0) is 126 Å². The van der Waals surface area contributed by atoms with E-state index in [1.807, 2.05) is 0 Å². The molecule has 0 radical (unpaired) electrons. The maximum atomic E-state index is 6.57. The molecule has 3 rings (SSSR count). The van der Waals surface area contributed by atoms with Gasteiger partial charge in [0.25, 0.3) is 0 Å². The lowest BCUT2D eigenvalue weighted by atomic mass is 9.65. The van der Waals surface area contributed by atoms with Crippen molar-refractivity contribution < 1.29 is 9.47 Å². The van der Waals surface area contributed by atoms with E-state index >= 15 is 0 Å². The Morgan fingerprint density at radius 1 is 0.657 bits per heavy atom. The van der Waals surface area contributed by atoms with Crippen LogP contribution in [0.2, 0.25) is 0 Å². The molecule has 0 atom stereocenters. The summed E-state index contributed by atoms with van der Waals surface area (Å²) < 4.78 is 12.7. The van der Waals surface area contributed by atoms with Crippen LogP contribution in [-0.2, 0) is 5.41 Å². The summed E-state index contributed by atoms with van der Waals surface area (Å²) in [7, 11) is 0. The van der Waals surface area contributed by atoms with Crippen molar-refractivity contribution in [2.75, 3.05) is 0 Å². The van der Waals surface area contributed by atoms with Crippen LogP contribution in [0.1, 0.15) is 110 Å². The molecule has 0 heterocycles. The van der Waals surface area contributed by atoms with Crippen LogP contribution in [0.15, 0.2) is 48.5 Å². The molecule has 0 spiro atoms. The Balaban J connectivity index is 1.87. The molecule has 2 aromatic rings. The zero-order valence-corrected chi connectivity index (χ0v) is 26.9. The molecule has 0 aromatic heterocycles. The van der Waals surface area contributed by atoms with Gasteiger partial charge in [0, 0.05) is 10.8 Å². The summed E-state index contributed by atoms with van der Waals surface area (Å²) in [6.45, 7) is 13.5. The predicted octanol–water partition coefficient (Wildman–Crippen LogP) is 10.6. The molecule has 1 aliphatic carbocycles. The molecule has 35 heavy (non-hydrogen) atoms. The molecule has 2 nitrogen and oxygen atoms in total. The SMILES string of the molecule is CCC(C)(CC)Oc1ccc(C2(c3ccc(OC(I)(I)C(C)(CC)CC)cc3)CCCCC2)cc1. The van der Waals surface area contributed by atoms with Crippen LogP contribution in [-0.4, -0.2) is 7.22 Å². The standard InChI is InChI=1S/C31H44I2O2/c1-7-28(5,8-2)31(32,33)35-27-20-16-25(17-21-27)30(22-12-11-13-23-30)24-14-18-26(19-15-24)34-29(6,9-3)10-4/h14-21H,7-13,22-23H2,1-6H3. The van der Waals surface area contributed by atoms with Crippen LogP contribution in [0, 0.1) is 5.41 Å². The fourth-order valence-electron chi connectivity index (χ4n) is 5.20. The fraction of sp³-hybridized carbons (Fsp3) is 0.613. The first-order chi connectivity index (χ1) is 16.6. The molecule has 1 fully saturated rings. The Bertz CT molecular complexity index is 919. The minimum Gasteiger partial charge on any atom is -0.488 e. The summed E-state index contributed by atoms with van der Waals surface area (Å²) >= 11 is 4.98. The number of alkyl halides is 2. The summed E-state index contributed by atoms with van der Waals surface area (Å²) in [6, 6.07) is 18.0. The summed E-state index contributed by atoms with van der Waals surface area (Å²) in [4.78, 5) is 0. The first kappa shape index (κ1) is 29.1. The molecule has 0 unspecified atom stereocenters. The predicted molar refractivity (Wildman–Crippen MR) is 166 cm³/mol. The van der Waals surface area contributed by atoms with Crippen molar-refractivity contribution in [2.45, 2.75) is 112 Å². The zero-order valence-electron chi connectivity index (χ0n) is 22.6. The highest BCUT2D eigenvalue weighted by atomic mass is 127. The minimum atomic E-state index is -0.280. The van der Waals surface area contributed by atoms with Crippen LogP contribution in [0.5, 0.6) is 11.5 Å². The van der Waals surface area contributed by atoms with E-state index in [0.29, 0.717) is 0 Å². The van der Waals surface area contributed by atoms with E-state index in [2.05, 4.69) is 135 Å². The summed E-state index contributed by atoms with van der Waals surface area (Å²) in [5, 5.41) is 0. The smallest absolute Gasteiger partial charge is 0.214 e. The van der Waals surface area contributed by atoms with Crippen LogP contribution in [0.3, 0.4) is 0 Å². The van der Waals surface area contributed by atoms with Gasteiger partial charge in [-0.3, -0.25) is 0 Å². The van der Waals surface area contributed by atoms with E-state index in [4.69, 9.17) is 9.47 Å². The van der Waals surface area contributed by atoms with E-state index in [-0.39, 0.29) is 18.0 Å². The molecule has 0 bridgehead atoms. The average Bonchev–Trinajstić information content (AvgIpc) is 2.89. The Morgan fingerprint density at radius 2 is 1.09 bits per heavy atom. The number of hydrogen-bond acceptors (Lipinski definition) is 2. The molecule has 1 saturated carbocycles. The second-order valence-corrected chi connectivity index (χ2v) is 15.9. The molecule has 0 amide bonds. The van der Waals surface area contributed by atoms with Crippen molar-refractivity contribution in [2.24, 2.45) is 5.41 Å². The lowest BCUT2D eigenvalue weighted by Crippen LogP contribution is -2.39. The fourth-order valence-corrected chi connectivity index (χ4v) is 7.23. The van der Waals surface area contributed by atoms with Crippen LogP contribution in [0.4, 0.5) is 0 Å². The second kappa shape index (κ2) is 11.9. The normalized spacial score (nSPS) is 16.7. The van der Waals surface area contributed by atoms with Gasteiger partial charge in [0.2, 0.25) is 1.61 Å². The minimum absolute atomic E-state index is 0.0707. The number of rotatable bonds is 11. The van der Waals surface area contributed by atoms with Crippen molar-refractivity contribution in [3.05, 3.63) is 59.7 Å². The molecule has 0 aliphatic heterocycles. The summed E-state index contributed by atoms with van der Waals surface area (Å²) in [5.41, 5.74) is 2.91. The highest BCUT2D eigenvalue weighted by Gasteiger charge is 2.44. The number of hydrogen-bond donors (Lipinski definition) is 0. The lowest BCUT2D eigenvalue weighted by Gasteiger charge is -2.40. The molecule has 2 aromatic carbocycles. The van der Waals surface area contributed by atoms with Gasteiger partial charge in [-0.25, -0.2) is 0 Å². The van der Waals surface area contributed by atoms with Gasteiger partial charge in [-0.1, -0.05) is 78.1 Å². The van der Waals surface area contributed by atoms with Gasteiger partial charge >= 0.3 is 0 Å². The van der Waals surface area contributed by atoms with Gasteiger partial charge < -0.3 is 9.47 Å². The van der Waals surface area contributed by atoms with Crippen LogP contribution < -0.4 is 9.47 Å². The molecule has 4 heteroatoms. The van der Waals surface area contributed by atoms with E-state index < -0.39 is 0 Å². The van der Waals surface area contributed by atoms with Crippen molar-refractivity contribution in [1.29, 1.82) is 0 Å². The summed E-state index contributed by atoms with van der Waals surface area (Å²) in [5.74, 6) is 1.93. The van der Waals surface area contributed by atoms with Crippen molar-refractivity contribution in [3.63, 3.8) is 0 Å². The van der Waals surface area contributed by atoms with E-state index in [1.54, 1.807) is 0 Å². The third-order valence-corrected chi connectivity index (χ3v) is 11.9. The number of benzene rings is 2. The summed E-state index contributed by atoms with van der Waals surface area (Å²) in [6.07, 6.45) is 10.5. The topological polar surface area (TPSA) is 18.5 Å². The number of ether oxygens (including phenoxy) is 2. The first-order valence-electron chi connectivity index (χ1n) is 13.5. The second-order valence-electron chi connectivity index (χ2n) is 10.8. The molecular formula is C31H44I2O2. The molecular weight excluding hydrogens is 658 g/mol. The monoisotopic (exact) mass is 702 g/mol. The molecule has 0 N–H and O–H groups in total. The molecule has 194 valence electrons. The third kappa shape index (κ3) is 6.32. The van der Waals surface area contributed by atoms with E-state index in [0.717, 1.165) is 37.2 Å². The zero-order chi connectivity index (χ0) is 25.7. The number of halogens is 2. The van der Waals surface area contributed by atoms with Crippen molar-refractivity contribution in [3.8, 4) is 11.5 Å². The lowest BCUT2D eigenvalue weighted by molar-refractivity contribution is 0.0802. The van der Waals surface area contributed by atoms with Crippen molar-refractivity contribution in [1.82, 2.24) is 0 Å². The molecule has 1 aliphatic rings. The molecule has 0 saturated heterocycles. The Hall–Kier alpha value is -0.500. The Kier molecular flexibility index (Phi) is 9.89. The van der Waals surface area contributed by atoms with E-state index in [9.17, 15) is 0 Å². The average molecular weight is 702 g/mol. The maximum absolute atomic E-state index is 6.57. The van der Waals surface area contributed by atoms with Crippen molar-refractivity contribution >= 4 is 45.2 Å². The van der Waals surface area contributed by atoms with Crippen LogP contribution in [0.25, 0.3) is 0 Å². The highest BCUT2D eigenvalue weighted by molar-refractivity contribution is 14.2. The Labute approximate surface area is 241 Å². The maximum Gasteiger partial charge on any atom is 0.214 e. The van der Waals surface area contributed by atoms with Gasteiger partial charge in [-0.15, -0.1) is 0 Å². The van der Waals surface area contributed by atoms with Crippen LogP contribution >= 0.6 is 45.2 Å². The first-order valence-corrected chi connectivity index (χ1v) is 15.7. The quantitative estimate of drug-likeness (QED) is 0.171. The highest BCUT2D eigenvalue weighted by Crippen LogP contribution is 2.51. The van der Waals surface area contributed by atoms with Gasteiger partial charge in [0.1, 0.15) is 17.1 Å². The third-order valence-electron chi connectivity index (χ3n) is 8.89. The van der Waals surface area contributed by atoms with Gasteiger partial charge in [0.15, 0.2) is 0 Å². The van der Waals surface area contributed by atoms with Gasteiger partial charge in [0.05, 0.1) is 0 Å². The van der Waals surface area contributed by atoms with E-state index in [1.165, 1.54) is 43.2 Å². The van der Waals surface area contributed by atoms with Gasteiger partial charge in [-0.2, -0.15) is 0 Å².